The van der Waals surface area contributed by atoms with Crippen LogP contribution in [0.2, 0.25) is 0 Å². The number of piperazine rings is 1. The van der Waals surface area contributed by atoms with Crippen LogP contribution in [0.1, 0.15) is 16.1 Å². The number of furan rings is 1. The predicted molar refractivity (Wildman–Crippen MR) is 131 cm³/mol. The normalized spacial score (nSPS) is 14.0. The lowest BCUT2D eigenvalue weighted by atomic mass is 10.1. The summed E-state index contributed by atoms with van der Waals surface area (Å²) >= 11 is 0. The number of carbonyl (C=O) groups is 2. The number of hydrogen-bond donors (Lipinski definition) is 1. The minimum atomic E-state index is -0.250. The second-order valence-corrected chi connectivity index (χ2v) is 8.19. The quantitative estimate of drug-likeness (QED) is 0.555. The summed E-state index contributed by atoms with van der Waals surface area (Å²) < 4.78 is 10.5. The van der Waals surface area contributed by atoms with Gasteiger partial charge in [0.25, 0.3) is 5.91 Å². The fourth-order valence-corrected chi connectivity index (χ4v) is 4.02. The zero-order valence-corrected chi connectivity index (χ0v) is 19.6. The monoisotopic (exact) mass is 462 g/mol. The molecule has 0 bridgehead atoms. The van der Waals surface area contributed by atoms with Crippen molar-refractivity contribution in [3.63, 3.8) is 0 Å². The van der Waals surface area contributed by atoms with Gasteiger partial charge in [0.2, 0.25) is 5.91 Å². The Morgan fingerprint density at radius 2 is 1.74 bits per heavy atom. The van der Waals surface area contributed by atoms with Gasteiger partial charge >= 0.3 is 0 Å². The van der Waals surface area contributed by atoms with Gasteiger partial charge in [0.1, 0.15) is 11.5 Å². The first-order valence-electron chi connectivity index (χ1n) is 11.3. The summed E-state index contributed by atoms with van der Waals surface area (Å²) in [5.74, 6) is 1.21. The van der Waals surface area contributed by atoms with Crippen LogP contribution in [0.25, 0.3) is 0 Å². The minimum absolute atomic E-state index is 0.0517. The van der Waals surface area contributed by atoms with Crippen LogP contribution in [0, 0.1) is 0 Å². The summed E-state index contributed by atoms with van der Waals surface area (Å²) in [5, 5.41) is 2.85. The van der Waals surface area contributed by atoms with Crippen LogP contribution in [-0.4, -0.2) is 63.6 Å². The Bertz CT molecular complexity index is 1090. The number of benzene rings is 2. The molecular weight excluding hydrogens is 432 g/mol. The molecule has 2 heterocycles. The van der Waals surface area contributed by atoms with E-state index in [-0.39, 0.29) is 18.4 Å². The van der Waals surface area contributed by atoms with Gasteiger partial charge in [0.05, 0.1) is 37.7 Å². The molecule has 0 atom stereocenters. The SMILES string of the molecule is COc1ccc(N2CCN(CC(=O)N(C)c3ccccc3C(=O)NCc3ccco3)CC2)cc1. The van der Waals surface area contributed by atoms with Gasteiger partial charge in [0.15, 0.2) is 0 Å². The van der Waals surface area contributed by atoms with E-state index in [1.807, 2.05) is 18.2 Å². The van der Waals surface area contributed by atoms with Gasteiger partial charge in [0, 0.05) is 38.9 Å². The number of methoxy groups -OCH3 is 1. The van der Waals surface area contributed by atoms with Crippen molar-refractivity contribution in [3.8, 4) is 5.75 Å². The van der Waals surface area contributed by atoms with Crippen molar-refractivity contribution < 1.29 is 18.7 Å². The molecule has 2 amide bonds. The van der Waals surface area contributed by atoms with Gasteiger partial charge in [-0.3, -0.25) is 14.5 Å². The molecule has 1 fully saturated rings. The zero-order chi connectivity index (χ0) is 23.9. The van der Waals surface area contributed by atoms with Crippen LogP contribution in [0.4, 0.5) is 11.4 Å². The molecule has 0 spiro atoms. The van der Waals surface area contributed by atoms with Crippen molar-refractivity contribution >= 4 is 23.2 Å². The highest BCUT2D eigenvalue weighted by atomic mass is 16.5. The smallest absolute Gasteiger partial charge is 0.253 e. The van der Waals surface area contributed by atoms with Gasteiger partial charge in [-0.1, -0.05) is 12.1 Å². The fraction of sp³-hybridized carbons (Fsp3) is 0.308. The molecule has 0 saturated carbocycles. The number of nitrogens with zero attached hydrogens (tertiary/aromatic N) is 3. The lowest BCUT2D eigenvalue weighted by Crippen LogP contribution is -2.50. The average Bonchev–Trinajstić information content (AvgIpc) is 3.41. The third kappa shape index (κ3) is 5.58. The van der Waals surface area contributed by atoms with E-state index in [0.29, 0.717) is 23.6 Å². The number of para-hydroxylation sites is 1. The zero-order valence-electron chi connectivity index (χ0n) is 19.6. The Kier molecular flexibility index (Phi) is 7.49. The standard InChI is InChI=1S/C26H30N4O4/c1-28(24-8-4-3-7-23(24)26(32)27-18-22-6-5-17-34-22)25(31)19-29-13-15-30(16-14-29)20-9-11-21(33-2)12-10-20/h3-12,17H,13-16,18-19H2,1-2H3,(H,27,32). The first kappa shape index (κ1) is 23.4. The first-order chi connectivity index (χ1) is 16.5. The molecule has 1 saturated heterocycles. The van der Waals surface area contributed by atoms with Gasteiger partial charge < -0.3 is 24.3 Å². The lowest BCUT2D eigenvalue weighted by Gasteiger charge is -2.36. The van der Waals surface area contributed by atoms with E-state index < -0.39 is 0 Å². The number of rotatable bonds is 8. The summed E-state index contributed by atoms with van der Waals surface area (Å²) in [7, 11) is 3.38. The highest BCUT2D eigenvalue weighted by molar-refractivity contribution is 6.05. The van der Waals surface area contributed by atoms with E-state index in [1.165, 1.54) is 0 Å². The van der Waals surface area contributed by atoms with Crippen molar-refractivity contribution in [2.45, 2.75) is 6.54 Å². The predicted octanol–water partition coefficient (Wildman–Crippen LogP) is 3.00. The van der Waals surface area contributed by atoms with E-state index in [0.717, 1.165) is 37.6 Å². The van der Waals surface area contributed by atoms with Gasteiger partial charge in [-0.15, -0.1) is 0 Å². The maximum absolute atomic E-state index is 13.1. The van der Waals surface area contributed by atoms with Gasteiger partial charge in [-0.05, 0) is 48.5 Å². The number of likely N-dealkylation sites (N-methyl/N-ethyl adjacent to an activating group) is 1. The molecule has 1 aliphatic heterocycles. The van der Waals surface area contributed by atoms with Crippen molar-refractivity contribution in [2.24, 2.45) is 0 Å². The van der Waals surface area contributed by atoms with E-state index in [9.17, 15) is 9.59 Å². The van der Waals surface area contributed by atoms with Gasteiger partial charge in [-0.2, -0.15) is 0 Å². The number of ether oxygens (including phenoxy) is 1. The first-order valence-corrected chi connectivity index (χ1v) is 11.3. The molecule has 1 aromatic heterocycles. The topological polar surface area (TPSA) is 78.3 Å². The van der Waals surface area contributed by atoms with E-state index >= 15 is 0 Å². The van der Waals surface area contributed by atoms with Crippen molar-refractivity contribution in [1.82, 2.24) is 10.2 Å². The van der Waals surface area contributed by atoms with Crippen LogP contribution in [-0.2, 0) is 11.3 Å². The molecule has 3 aromatic rings. The molecular formula is C26H30N4O4. The van der Waals surface area contributed by atoms with E-state index in [1.54, 1.807) is 55.7 Å². The van der Waals surface area contributed by atoms with Crippen molar-refractivity contribution in [1.29, 1.82) is 0 Å². The van der Waals surface area contributed by atoms with Crippen LogP contribution >= 0.6 is 0 Å². The molecule has 2 aromatic carbocycles. The molecule has 4 rings (SSSR count). The highest BCUT2D eigenvalue weighted by Crippen LogP contribution is 2.22. The third-order valence-corrected chi connectivity index (χ3v) is 6.06. The van der Waals surface area contributed by atoms with E-state index in [4.69, 9.17) is 9.15 Å². The second-order valence-electron chi connectivity index (χ2n) is 8.19. The Labute approximate surface area is 199 Å². The Morgan fingerprint density at radius 3 is 2.41 bits per heavy atom. The molecule has 0 aliphatic carbocycles. The highest BCUT2D eigenvalue weighted by Gasteiger charge is 2.23. The van der Waals surface area contributed by atoms with Crippen LogP contribution in [0.5, 0.6) is 5.75 Å². The fourth-order valence-electron chi connectivity index (χ4n) is 4.02. The number of anilines is 2. The van der Waals surface area contributed by atoms with Crippen LogP contribution < -0.4 is 19.9 Å². The molecule has 8 heteroatoms. The van der Waals surface area contributed by atoms with Crippen LogP contribution in [0.3, 0.4) is 0 Å². The molecule has 0 unspecified atom stereocenters. The second kappa shape index (κ2) is 10.9. The number of hydrogen-bond acceptors (Lipinski definition) is 6. The Morgan fingerprint density at radius 1 is 1.00 bits per heavy atom. The summed E-state index contributed by atoms with van der Waals surface area (Å²) in [5.41, 5.74) is 2.19. The van der Waals surface area contributed by atoms with Gasteiger partial charge in [-0.25, -0.2) is 0 Å². The molecule has 1 aliphatic rings. The molecule has 34 heavy (non-hydrogen) atoms. The molecule has 1 N–H and O–H groups in total. The maximum atomic E-state index is 13.1. The number of nitrogens with one attached hydrogen (secondary N) is 1. The molecule has 178 valence electrons. The third-order valence-electron chi connectivity index (χ3n) is 6.06. The Hall–Kier alpha value is -3.78. The van der Waals surface area contributed by atoms with Crippen molar-refractivity contribution in [3.05, 3.63) is 78.3 Å². The maximum Gasteiger partial charge on any atom is 0.253 e. The summed E-state index contributed by atoms with van der Waals surface area (Å²) in [4.78, 5) is 31.9. The van der Waals surface area contributed by atoms with Crippen molar-refractivity contribution in [2.75, 3.05) is 56.7 Å². The number of carbonyl (C=O) groups excluding carboxylic acids is 2. The lowest BCUT2D eigenvalue weighted by molar-refractivity contribution is -0.119. The van der Waals surface area contributed by atoms with E-state index in [2.05, 4.69) is 27.2 Å². The minimum Gasteiger partial charge on any atom is -0.497 e. The largest absolute Gasteiger partial charge is 0.497 e. The average molecular weight is 463 g/mol. The molecule has 0 radical (unpaired) electrons. The summed E-state index contributed by atoms with van der Waals surface area (Å²) in [6, 6.07) is 18.8. The Balaban J connectivity index is 1.33. The summed E-state index contributed by atoms with van der Waals surface area (Å²) in [6.45, 7) is 3.85. The molecule has 8 nitrogen and oxygen atoms in total. The van der Waals surface area contributed by atoms with Crippen LogP contribution in [0.15, 0.2) is 71.3 Å². The summed E-state index contributed by atoms with van der Waals surface area (Å²) in [6.07, 6.45) is 1.57. The number of amides is 2.